The molecule has 0 spiro atoms. The maximum absolute atomic E-state index is 14.4. The molecule has 3 amide bonds. The Morgan fingerprint density at radius 1 is 0.882 bits per heavy atom. The zero-order chi connectivity index (χ0) is 36.2. The molecular formula is C39H46N4O7S. The third-order valence-electron chi connectivity index (χ3n) is 8.98. The van der Waals surface area contributed by atoms with Crippen LogP contribution in [-0.2, 0) is 42.3 Å². The average molecular weight is 715 g/mol. The Labute approximate surface area is 299 Å². The van der Waals surface area contributed by atoms with Crippen molar-refractivity contribution in [2.24, 2.45) is 11.7 Å². The molecule has 11 nitrogen and oxygen atoms in total. The van der Waals surface area contributed by atoms with Crippen molar-refractivity contribution in [1.29, 1.82) is 0 Å². The molecule has 4 aromatic carbocycles. The van der Waals surface area contributed by atoms with Gasteiger partial charge in [0.1, 0.15) is 18.7 Å². The summed E-state index contributed by atoms with van der Waals surface area (Å²) in [5, 5.41) is 4.36. The normalized spacial score (nSPS) is 17.1. The third kappa shape index (κ3) is 10.2. The van der Waals surface area contributed by atoms with Gasteiger partial charge in [0, 0.05) is 19.6 Å². The van der Waals surface area contributed by atoms with E-state index in [9.17, 15) is 22.8 Å². The van der Waals surface area contributed by atoms with Gasteiger partial charge in [-0.2, -0.15) is 4.31 Å². The molecule has 1 aliphatic heterocycles. The van der Waals surface area contributed by atoms with Crippen molar-refractivity contribution in [3.63, 3.8) is 0 Å². The van der Waals surface area contributed by atoms with Crippen molar-refractivity contribution in [3.05, 3.63) is 114 Å². The van der Waals surface area contributed by atoms with Crippen LogP contribution in [0.3, 0.4) is 0 Å². The molecule has 1 aliphatic rings. The first-order valence-corrected chi connectivity index (χ1v) is 18.7. The Kier molecular flexibility index (Phi) is 13.3. The number of hydrogen-bond acceptors (Lipinski definition) is 8. The predicted octanol–water partition coefficient (Wildman–Crippen LogP) is 5.23. The van der Waals surface area contributed by atoms with Crippen LogP contribution in [0.4, 0.5) is 4.79 Å². The Morgan fingerprint density at radius 2 is 1.53 bits per heavy atom. The molecule has 5 rings (SSSR count). The number of ether oxygens (including phenoxy) is 2. The third-order valence-corrected chi connectivity index (χ3v) is 10.9. The molecular weight excluding hydrogens is 669 g/mol. The Balaban J connectivity index is 1.28. The van der Waals surface area contributed by atoms with Crippen LogP contribution in [0, 0.1) is 5.92 Å². The number of imide groups is 1. The summed E-state index contributed by atoms with van der Waals surface area (Å²) in [6.07, 6.45) is 1.02. The van der Waals surface area contributed by atoms with Crippen molar-refractivity contribution >= 4 is 38.7 Å². The standard InChI is InChI=1S/C39H46N4O7S/c1-29-20-23-43(51(47,48)34-19-18-32-16-8-9-17-33(32)25-34)36(24-29)38(45)42(37(44)35(40)28-49-26-30-12-4-2-5-13-30)22-11-10-21-41-39(46)50-27-31-14-6-3-7-15-31/h2-9,12-19,25,29,35-36H,10-11,20-24,26-28,40H2,1H3,(H,41,46)/t29-,35+,36-/m1/s1. The zero-order valence-corrected chi connectivity index (χ0v) is 29.7. The van der Waals surface area contributed by atoms with E-state index in [1.165, 1.54) is 4.31 Å². The van der Waals surface area contributed by atoms with Gasteiger partial charge in [-0.3, -0.25) is 14.5 Å². The molecule has 0 aliphatic carbocycles. The van der Waals surface area contributed by atoms with Gasteiger partial charge in [-0.1, -0.05) is 97.9 Å². The van der Waals surface area contributed by atoms with E-state index in [1.54, 1.807) is 18.2 Å². The number of sulfonamides is 1. The fraction of sp³-hybridized carbons (Fsp3) is 0.359. The molecule has 3 atom stereocenters. The van der Waals surface area contributed by atoms with Gasteiger partial charge in [0.25, 0.3) is 0 Å². The minimum absolute atomic E-state index is 0.0143. The maximum Gasteiger partial charge on any atom is 0.407 e. The lowest BCUT2D eigenvalue weighted by Crippen LogP contribution is -2.58. The van der Waals surface area contributed by atoms with Crippen LogP contribution >= 0.6 is 0 Å². The van der Waals surface area contributed by atoms with Gasteiger partial charge in [0.05, 0.1) is 18.1 Å². The smallest absolute Gasteiger partial charge is 0.407 e. The minimum atomic E-state index is -4.10. The fourth-order valence-electron chi connectivity index (χ4n) is 6.11. The van der Waals surface area contributed by atoms with E-state index in [0.717, 1.165) is 26.8 Å². The first-order chi connectivity index (χ1) is 24.6. The van der Waals surface area contributed by atoms with Gasteiger partial charge in [0.15, 0.2) is 0 Å². The molecule has 12 heteroatoms. The van der Waals surface area contributed by atoms with Gasteiger partial charge in [-0.15, -0.1) is 0 Å². The molecule has 0 unspecified atom stereocenters. The summed E-state index contributed by atoms with van der Waals surface area (Å²) in [4.78, 5) is 41.6. The maximum atomic E-state index is 14.4. The van der Waals surface area contributed by atoms with Crippen LogP contribution in [0.2, 0.25) is 0 Å². The summed E-state index contributed by atoms with van der Waals surface area (Å²) in [7, 11) is -4.10. The van der Waals surface area contributed by atoms with E-state index in [2.05, 4.69) is 5.32 Å². The van der Waals surface area contributed by atoms with Crippen LogP contribution in [-0.4, -0.2) is 73.9 Å². The van der Waals surface area contributed by atoms with Crippen molar-refractivity contribution in [2.45, 2.75) is 62.8 Å². The molecule has 270 valence electrons. The molecule has 0 saturated carbocycles. The SMILES string of the molecule is C[C@@H]1CCN(S(=O)(=O)c2ccc3ccccc3c2)[C@@H](C(=O)N(CCCCNC(=O)OCc2ccccc2)C(=O)[C@@H](N)COCc2ccccc2)C1. The number of carbonyl (C=O) groups excluding carboxylic acids is 3. The van der Waals surface area contributed by atoms with Crippen LogP contribution in [0.25, 0.3) is 10.8 Å². The predicted molar refractivity (Wildman–Crippen MR) is 195 cm³/mol. The Hall–Kier alpha value is -4.62. The molecule has 1 heterocycles. The number of piperidine rings is 1. The zero-order valence-electron chi connectivity index (χ0n) is 28.9. The van der Waals surface area contributed by atoms with E-state index in [4.69, 9.17) is 15.2 Å². The van der Waals surface area contributed by atoms with Gasteiger partial charge in [0.2, 0.25) is 21.8 Å². The van der Waals surface area contributed by atoms with Gasteiger partial charge in [-0.25, -0.2) is 13.2 Å². The first-order valence-electron chi connectivity index (χ1n) is 17.3. The first kappa shape index (κ1) is 37.6. The van der Waals surface area contributed by atoms with Crippen LogP contribution in [0.5, 0.6) is 0 Å². The summed E-state index contributed by atoms with van der Waals surface area (Å²) in [6, 6.07) is 28.9. The van der Waals surface area contributed by atoms with E-state index in [1.807, 2.05) is 91.9 Å². The van der Waals surface area contributed by atoms with E-state index < -0.39 is 40.0 Å². The fourth-order valence-corrected chi connectivity index (χ4v) is 7.76. The molecule has 0 aromatic heterocycles. The van der Waals surface area contributed by atoms with Crippen molar-refractivity contribution in [3.8, 4) is 0 Å². The number of hydrogen-bond donors (Lipinski definition) is 2. The highest BCUT2D eigenvalue weighted by Gasteiger charge is 2.43. The Bertz CT molecular complexity index is 1870. The number of carbonyl (C=O) groups is 3. The van der Waals surface area contributed by atoms with Gasteiger partial charge < -0.3 is 20.5 Å². The quantitative estimate of drug-likeness (QED) is 0.159. The second-order valence-corrected chi connectivity index (χ2v) is 14.8. The summed E-state index contributed by atoms with van der Waals surface area (Å²) >= 11 is 0. The minimum Gasteiger partial charge on any atom is -0.445 e. The molecule has 51 heavy (non-hydrogen) atoms. The number of unbranched alkanes of at least 4 members (excludes halogenated alkanes) is 1. The number of nitrogens with two attached hydrogens (primary N) is 1. The van der Waals surface area contributed by atoms with E-state index in [0.29, 0.717) is 19.3 Å². The number of rotatable bonds is 15. The second kappa shape index (κ2) is 18.0. The number of benzene rings is 4. The summed E-state index contributed by atoms with van der Waals surface area (Å²) in [5.41, 5.74) is 8.09. The lowest BCUT2D eigenvalue weighted by Gasteiger charge is -2.39. The highest BCUT2D eigenvalue weighted by molar-refractivity contribution is 7.89. The van der Waals surface area contributed by atoms with Crippen molar-refractivity contribution in [2.75, 3.05) is 26.2 Å². The second-order valence-electron chi connectivity index (χ2n) is 12.9. The number of fused-ring (bicyclic) bond motifs is 1. The average Bonchev–Trinajstić information content (AvgIpc) is 3.15. The molecule has 0 bridgehead atoms. The lowest BCUT2D eigenvalue weighted by molar-refractivity contribution is -0.150. The number of nitrogens with zero attached hydrogens (tertiary/aromatic N) is 2. The van der Waals surface area contributed by atoms with Crippen LogP contribution in [0.15, 0.2) is 108 Å². The summed E-state index contributed by atoms with van der Waals surface area (Å²) in [5.74, 6) is -1.22. The highest BCUT2D eigenvalue weighted by Crippen LogP contribution is 2.31. The van der Waals surface area contributed by atoms with Crippen molar-refractivity contribution < 1.29 is 32.3 Å². The summed E-state index contributed by atoms with van der Waals surface area (Å²) < 4.78 is 40.5. The van der Waals surface area contributed by atoms with E-state index >= 15 is 0 Å². The highest BCUT2D eigenvalue weighted by atomic mass is 32.2. The molecule has 3 N–H and O–H groups in total. The Morgan fingerprint density at radius 3 is 2.24 bits per heavy atom. The molecule has 4 aromatic rings. The largest absolute Gasteiger partial charge is 0.445 e. The topological polar surface area (TPSA) is 148 Å². The molecule has 0 radical (unpaired) electrons. The monoisotopic (exact) mass is 714 g/mol. The number of nitrogens with one attached hydrogen (secondary N) is 1. The van der Waals surface area contributed by atoms with E-state index in [-0.39, 0.29) is 56.7 Å². The van der Waals surface area contributed by atoms with Gasteiger partial charge >= 0.3 is 6.09 Å². The molecule has 1 saturated heterocycles. The number of alkyl carbamates (subject to hydrolysis) is 1. The van der Waals surface area contributed by atoms with Crippen LogP contribution in [0.1, 0.15) is 43.7 Å². The van der Waals surface area contributed by atoms with Crippen LogP contribution < -0.4 is 11.1 Å². The summed E-state index contributed by atoms with van der Waals surface area (Å²) in [6.45, 7) is 2.57. The molecule has 1 fully saturated rings. The lowest BCUT2D eigenvalue weighted by atomic mass is 9.93. The van der Waals surface area contributed by atoms with Crippen molar-refractivity contribution in [1.82, 2.24) is 14.5 Å². The number of amides is 3. The van der Waals surface area contributed by atoms with Gasteiger partial charge in [-0.05, 0) is 65.6 Å².